The molecule has 1 aromatic heterocycles. The third-order valence-electron chi connectivity index (χ3n) is 3.08. The van der Waals surface area contributed by atoms with Crippen molar-refractivity contribution in [3.05, 3.63) is 45.4 Å². The average Bonchev–Trinajstić information content (AvgIpc) is 2.83. The number of nitrogens with two attached hydrogens (primary N) is 1. The van der Waals surface area contributed by atoms with Gasteiger partial charge in [0.2, 0.25) is 0 Å². The highest BCUT2D eigenvalue weighted by Crippen LogP contribution is 2.30. The molecule has 0 aliphatic heterocycles. The van der Waals surface area contributed by atoms with E-state index in [1.54, 1.807) is 11.3 Å². The zero-order chi connectivity index (χ0) is 14.7. The fourth-order valence-electron chi connectivity index (χ4n) is 2.09. The summed E-state index contributed by atoms with van der Waals surface area (Å²) in [7, 11) is 2.05. The van der Waals surface area contributed by atoms with Crippen LogP contribution in [0.15, 0.2) is 24.3 Å². The van der Waals surface area contributed by atoms with Crippen molar-refractivity contribution in [1.82, 2.24) is 4.98 Å². The van der Waals surface area contributed by atoms with Gasteiger partial charge in [-0.25, -0.2) is 4.98 Å². The van der Waals surface area contributed by atoms with Crippen LogP contribution >= 0.6 is 22.9 Å². The summed E-state index contributed by atoms with van der Waals surface area (Å²) < 4.78 is 0. The van der Waals surface area contributed by atoms with Gasteiger partial charge in [0, 0.05) is 30.0 Å². The Morgan fingerprint density at radius 2 is 2.15 bits per heavy atom. The Hall–Kier alpha value is -1.10. The van der Waals surface area contributed by atoms with Crippen LogP contribution in [-0.4, -0.2) is 12.0 Å². The fraction of sp³-hybridized carbons (Fsp3) is 0.400. The second-order valence-electron chi connectivity index (χ2n) is 5.15. The van der Waals surface area contributed by atoms with Gasteiger partial charge < -0.3 is 10.6 Å². The summed E-state index contributed by atoms with van der Waals surface area (Å²) in [6.45, 7) is 5.63. The number of halogens is 1. The van der Waals surface area contributed by atoms with Gasteiger partial charge in [0.1, 0.15) is 0 Å². The molecule has 2 N–H and O–H groups in total. The molecular formula is C15H20ClN3S. The number of benzene rings is 1. The number of hydrogen-bond donors (Lipinski definition) is 1. The predicted molar refractivity (Wildman–Crippen MR) is 87.7 cm³/mol. The highest BCUT2D eigenvalue weighted by Gasteiger charge is 2.15. The van der Waals surface area contributed by atoms with E-state index in [0.717, 1.165) is 22.4 Å². The molecule has 2 rings (SSSR count). The molecule has 0 aliphatic rings. The lowest BCUT2D eigenvalue weighted by molar-refractivity contribution is 0.805. The highest BCUT2D eigenvalue weighted by atomic mass is 35.5. The van der Waals surface area contributed by atoms with Gasteiger partial charge in [-0.3, -0.25) is 0 Å². The monoisotopic (exact) mass is 309 g/mol. The van der Waals surface area contributed by atoms with Gasteiger partial charge in [0.15, 0.2) is 5.13 Å². The van der Waals surface area contributed by atoms with Crippen LogP contribution < -0.4 is 10.6 Å². The molecule has 0 fully saturated rings. The first kappa shape index (κ1) is 15.3. The molecule has 0 saturated heterocycles. The number of aromatic nitrogens is 1. The minimum absolute atomic E-state index is 0.401. The molecule has 2 aromatic rings. The lowest BCUT2D eigenvalue weighted by Crippen LogP contribution is -2.16. The molecule has 0 unspecified atom stereocenters. The standard InChI is InChI=1S/C15H20ClN3S/c1-10(2)14-13(8-17)20-15(18-14)19(3)9-11-5-4-6-12(16)7-11/h4-7,10H,8-9,17H2,1-3H3. The van der Waals surface area contributed by atoms with E-state index in [1.807, 2.05) is 25.2 Å². The van der Waals surface area contributed by atoms with E-state index in [0.29, 0.717) is 12.5 Å². The maximum Gasteiger partial charge on any atom is 0.185 e. The molecule has 5 heteroatoms. The summed E-state index contributed by atoms with van der Waals surface area (Å²) in [5, 5.41) is 1.77. The smallest absolute Gasteiger partial charge is 0.185 e. The van der Waals surface area contributed by atoms with Crippen LogP contribution in [0.3, 0.4) is 0 Å². The lowest BCUT2D eigenvalue weighted by Gasteiger charge is -2.15. The molecule has 0 atom stereocenters. The molecule has 0 spiro atoms. The second-order valence-corrected chi connectivity index (χ2v) is 6.65. The predicted octanol–water partition coefficient (Wildman–Crippen LogP) is 4.02. The van der Waals surface area contributed by atoms with Crippen LogP contribution in [0.4, 0.5) is 5.13 Å². The average molecular weight is 310 g/mol. The summed E-state index contributed by atoms with van der Waals surface area (Å²) in [5.74, 6) is 0.401. The Labute approximate surface area is 129 Å². The fourth-order valence-corrected chi connectivity index (χ4v) is 3.35. The molecule has 1 aromatic carbocycles. The molecule has 3 nitrogen and oxygen atoms in total. The largest absolute Gasteiger partial charge is 0.347 e. The Kier molecular flexibility index (Phi) is 5.02. The molecule has 0 saturated carbocycles. The van der Waals surface area contributed by atoms with Crippen molar-refractivity contribution in [1.29, 1.82) is 0 Å². The van der Waals surface area contributed by atoms with Gasteiger partial charge in [-0.05, 0) is 23.6 Å². The van der Waals surface area contributed by atoms with E-state index in [1.165, 1.54) is 10.4 Å². The summed E-state index contributed by atoms with van der Waals surface area (Å²) in [4.78, 5) is 8.04. The summed E-state index contributed by atoms with van der Waals surface area (Å²) in [6.07, 6.45) is 0. The minimum Gasteiger partial charge on any atom is -0.347 e. The first-order valence-corrected chi connectivity index (χ1v) is 7.86. The summed E-state index contributed by atoms with van der Waals surface area (Å²) >= 11 is 7.70. The molecule has 0 amide bonds. The van der Waals surface area contributed by atoms with Crippen LogP contribution in [0.25, 0.3) is 0 Å². The second kappa shape index (κ2) is 6.57. The third kappa shape index (κ3) is 3.51. The Morgan fingerprint density at radius 1 is 1.40 bits per heavy atom. The highest BCUT2D eigenvalue weighted by molar-refractivity contribution is 7.15. The molecule has 1 heterocycles. The van der Waals surface area contributed by atoms with Crippen LogP contribution in [0, 0.1) is 0 Å². The number of rotatable bonds is 5. The minimum atomic E-state index is 0.401. The van der Waals surface area contributed by atoms with E-state index in [2.05, 4.69) is 24.8 Å². The molecule has 0 radical (unpaired) electrons. The van der Waals surface area contributed by atoms with E-state index < -0.39 is 0 Å². The molecule has 20 heavy (non-hydrogen) atoms. The number of nitrogens with zero attached hydrogens (tertiary/aromatic N) is 2. The third-order valence-corrected chi connectivity index (χ3v) is 4.53. The van der Waals surface area contributed by atoms with Crippen LogP contribution in [0.1, 0.15) is 35.9 Å². The van der Waals surface area contributed by atoms with E-state index >= 15 is 0 Å². The van der Waals surface area contributed by atoms with Crippen molar-refractivity contribution in [3.63, 3.8) is 0 Å². The van der Waals surface area contributed by atoms with Crippen molar-refractivity contribution >= 4 is 28.1 Å². The SMILES string of the molecule is CC(C)c1nc(N(C)Cc2cccc(Cl)c2)sc1CN. The van der Waals surface area contributed by atoms with Crippen molar-refractivity contribution in [2.24, 2.45) is 5.73 Å². The topological polar surface area (TPSA) is 42.2 Å². The maximum absolute atomic E-state index is 6.02. The summed E-state index contributed by atoms with van der Waals surface area (Å²) in [6, 6.07) is 7.91. The zero-order valence-electron chi connectivity index (χ0n) is 12.1. The van der Waals surface area contributed by atoms with Crippen molar-refractivity contribution < 1.29 is 0 Å². The Bertz CT molecular complexity index is 580. The van der Waals surface area contributed by atoms with Crippen molar-refractivity contribution in [3.8, 4) is 0 Å². The maximum atomic E-state index is 6.02. The summed E-state index contributed by atoms with van der Waals surface area (Å²) in [5.41, 5.74) is 8.10. The Morgan fingerprint density at radius 3 is 2.70 bits per heavy atom. The van der Waals surface area contributed by atoms with E-state index in [-0.39, 0.29) is 0 Å². The number of hydrogen-bond acceptors (Lipinski definition) is 4. The normalized spacial score (nSPS) is 11.1. The van der Waals surface area contributed by atoms with Crippen LogP contribution in [0.2, 0.25) is 5.02 Å². The first-order chi connectivity index (χ1) is 9.51. The van der Waals surface area contributed by atoms with Crippen molar-refractivity contribution in [2.75, 3.05) is 11.9 Å². The number of anilines is 1. The van der Waals surface area contributed by atoms with Gasteiger partial charge in [-0.1, -0.05) is 37.6 Å². The van der Waals surface area contributed by atoms with Gasteiger partial charge in [-0.15, -0.1) is 11.3 Å². The molecule has 0 aliphatic carbocycles. The van der Waals surface area contributed by atoms with Gasteiger partial charge in [0.05, 0.1) is 5.69 Å². The molecule has 108 valence electrons. The lowest BCUT2D eigenvalue weighted by atomic mass is 10.1. The van der Waals surface area contributed by atoms with Gasteiger partial charge >= 0.3 is 0 Å². The quantitative estimate of drug-likeness (QED) is 0.907. The van der Waals surface area contributed by atoms with Crippen LogP contribution in [-0.2, 0) is 13.1 Å². The molecular weight excluding hydrogens is 290 g/mol. The first-order valence-electron chi connectivity index (χ1n) is 6.66. The zero-order valence-corrected chi connectivity index (χ0v) is 13.6. The van der Waals surface area contributed by atoms with Gasteiger partial charge in [-0.2, -0.15) is 0 Å². The Balaban J connectivity index is 2.19. The van der Waals surface area contributed by atoms with Gasteiger partial charge in [0.25, 0.3) is 0 Å². The van der Waals surface area contributed by atoms with Crippen molar-refractivity contribution in [2.45, 2.75) is 32.9 Å². The van der Waals surface area contributed by atoms with E-state index in [4.69, 9.17) is 22.3 Å². The van der Waals surface area contributed by atoms with Crippen LogP contribution in [0.5, 0.6) is 0 Å². The molecule has 0 bridgehead atoms. The number of thiazole rings is 1. The van der Waals surface area contributed by atoms with E-state index in [9.17, 15) is 0 Å².